The largest absolute Gasteiger partial charge is 0.493 e. The van der Waals surface area contributed by atoms with Gasteiger partial charge in [-0.05, 0) is 41.5 Å². The minimum Gasteiger partial charge on any atom is -0.493 e. The fourth-order valence-corrected chi connectivity index (χ4v) is 3.03. The van der Waals surface area contributed by atoms with Gasteiger partial charge in [-0.15, -0.1) is 0 Å². The molecule has 0 radical (unpaired) electrons. The molecule has 0 aliphatic heterocycles. The zero-order chi connectivity index (χ0) is 20.1. The summed E-state index contributed by atoms with van der Waals surface area (Å²) >= 11 is 0. The van der Waals surface area contributed by atoms with Crippen molar-refractivity contribution >= 4 is 23.2 Å². The van der Waals surface area contributed by atoms with Crippen LogP contribution in [0.5, 0.6) is 11.5 Å². The van der Waals surface area contributed by atoms with Gasteiger partial charge in [0.05, 0.1) is 24.4 Å². The third-order valence-electron chi connectivity index (χ3n) is 4.59. The van der Waals surface area contributed by atoms with Crippen LogP contribution in [0.3, 0.4) is 0 Å². The first kappa shape index (κ1) is 18.6. The lowest BCUT2D eigenvalue weighted by atomic mass is 10.2. The van der Waals surface area contributed by atoms with Gasteiger partial charge in [-0.1, -0.05) is 42.5 Å². The summed E-state index contributed by atoms with van der Waals surface area (Å²) in [5, 5.41) is 4.31. The minimum atomic E-state index is 0.485. The van der Waals surface area contributed by atoms with Crippen LogP contribution in [0, 0.1) is 0 Å². The van der Waals surface area contributed by atoms with E-state index in [1.165, 1.54) is 0 Å². The van der Waals surface area contributed by atoms with E-state index in [1.807, 2.05) is 84.4 Å². The molecule has 1 N–H and O–H groups in total. The van der Waals surface area contributed by atoms with E-state index in [2.05, 4.69) is 15.5 Å². The Morgan fingerprint density at radius 1 is 1.00 bits per heavy atom. The molecule has 0 saturated carbocycles. The lowest BCUT2D eigenvalue weighted by molar-refractivity contribution is 0.284. The van der Waals surface area contributed by atoms with Gasteiger partial charge in [0, 0.05) is 7.05 Å². The summed E-state index contributed by atoms with van der Waals surface area (Å²) in [6.45, 7) is 0.485. The molecule has 4 rings (SSSR count). The molecule has 0 aliphatic rings. The van der Waals surface area contributed by atoms with Crippen LogP contribution in [-0.4, -0.2) is 22.9 Å². The highest BCUT2D eigenvalue weighted by Gasteiger charge is 2.07. The fourth-order valence-electron chi connectivity index (χ4n) is 3.03. The summed E-state index contributed by atoms with van der Waals surface area (Å²) in [6, 6.07) is 23.7. The highest BCUT2D eigenvalue weighted by Crippen LogP contribution is 2.28. The highest BCUT2D eigenvalue weighted by molar-refractivity contribution is 5.82. The number of methoxy groups -OCH3 is 1. The first-order valence-electron chi connectivity index (χ1n) is 9.30. The molecule has 0 atom stereocenters. The number of nitrogens with one attached hydrogen (secondary N) is 1. The van der Waals surface area contributed by atoms with Crippen molar-refractivity contribution in [1.82, 2.24) is 9.55 Å². The number of hydrazone groups is 1. The average molecular weight is 386 g/mol. The molecule has 146 valence electrons. The lowest BCUT2D eigenvalue weighted by Gasteiger charge is -2.11. The van der Waals surface area contributed by atoms with Gasteiger partial charge in [0.2, 0.25) is 5.95 Å². The van der Waals surface area contributed by atoms with Gasteiger partial charge in [0.25, 0.3) is 0 Å². The number of aromatic nitrogens is 2. The molecule has 6 nitrogen and oxygen atoms in total. The number of fused-ring (bicyclic) bond motifs is 1. The van der Waals surface area contributed by atoms with Gasteiger partial charge in [0.15, 0.2) is 11.5 Å². The minimum absolute atomic E-state index is 0.485. The van der Waals surface area contributed by atoms with Crippen LogP contribution in [0.15, 0.2) is 77.9 Å². The first-order valence-corrected chi connectivity index (χ1v) is 9.30. The molecule has 0 aliphatic carbocycles. The maximum Gasteiger partial charge on any atom is 0.224 e. The molecule has 0 amide bonds. The van der Waals surface area contributed by atoms with Crippen molar-refractivity contribution in [2.45, 2.75) is 6.61 Å². The van der Waals surface area contributed by atoms with Crippen LogP contribution in [0.25, 0.3) is 11.0 Å². The van der Waals surface area contributed by atoms with E-state index in [0.717, 1.165) is 22.2 Å². The van der Waals surface area contributed by atoms with Crippen molar-refractivity contribution in [1.29, 1.82) is 0 Å². The number of benzene rings is 3. The number of imidazole rings is 1. The van der Waals surface area contributed by atoms with Gasteiger partial charge in [-0.3, -0.25) is 0 Å². The second-order valence-corrected chi connectivity index (χ2v) is 6.54. The molecule has 1 aromatic heterocycles. The molecule has 0 saturated heterocycles. The molecule has 1 heterocycles. The number of nitrogens with zero attached hydrogens (tertiary/aromatic N) is 3. The van der Waals surface area contributed by atoms with Crippen molar-refractivity contribution < 1.29 is 9.47 Å². The Morgan fingerprint density at radius 3 is 2.59 bits per heavy atom. The quantitative estimate of drug-likeness (QED) is 0.372. The first-order chi connectivity index (χ1) is 14.2. The standard InChI is InChI=1S/C23H22N4O2/c1-27-20-11-7-6-10-19(20)25-23(27)26-24-15-18-12-13-21(22(14-18)28-2)29-16-17-8-4-3-5-9-17/h3-15H,16H2,1-2H3,(H,25,26)/b24-15-. The van der Waals surface area contributed by atoms with E-state index in [9.17, 15) is 0 Å². The van der Waals surface area contributed by atoms with Crippen LogP contribution >= 0.6 is 0 Å². The zero-order valence-corrected chi connectivity index (χ0v) is 16.4. The Balaban J connectivity index is 1.45. The Hall–Kier alpha value is -3.80. The number of hydrogen-bond acceptors (Lipinski definition) is 5. The van der Waals surface area contributed by atoms with Gasteiger partial charge in [-0.25, -0.2) is 10.4 Å². The number of rotatable bonds is 7. The molecule has 6 heteroatoms. The lowest BCUT2D eigenvalue weighted by Crippen LogP contribution is -2.00. The summed E-state index contributed by atoms with van der Waals surface area (Å²) in [7, 11) is 3.58. The molecule has 29 heavy (non-hydrogen) atoms. The molecule has 0 spiro atoms. The highest BCUT2D eigenvalue weighted by atomic mass is 16.5. The van der Waals surface area contributed by atoms with E-state index >= 15 is 0 Å². The summed E-state index contributed by atoms with van der Waals surface area (Å²) in [5.41, 5.74) is 6.96. The third-order valence-corrected chi connectivity index (χ3v) is 4.59. The van der Waals surface area contributed by atoms with Crippen molar-refractivity contribution in [2.24, 2.45) is 12.1 Å². The number of aryl methyl sites for hydroxylation is 1. The van der Waals surface area contributed by atoms with Crippen molar-refractivity contribution in [3.8, 4) is 11.5 Å². The maximum absolute atomic E-state index is 5.89. The Bertz CT molecular complexity index is 1140. The Morgan fingerprint density at radius 2 is 1.79 bits per heavy atom. The normalized spacial score (nSPS) is 11.1. The van der Waals surface area contributed by atoms with E-state index in [4.69, 9.17) is 9.47 Å². The van der Waals surface area contributed by atoms with Crippen molar-refractivity contribution in [3.63, 3.8) is 0 Å². The summed E-state index contributed by atoms with van der Waals surface area (Å²) < 4.78 is 13.3. The number of ether oxygens (including phenoxy) is 2. The van der Waals surface area contributed by atoms with Crippen molar-refractivity contribution in [2.75, 3.05) is 12.5 Å². The second kappa shape index (κ2) is 8.48. The molecule has 0 unspecified atom stereocenters. The smallest absolute Gasteiger partial charge is 0.224 e. The van der Waals surface area contributed by atoms with E-state index < -0.39 is 0 Å². The predicted octanol–water partition coefficient (Wildman–Crippen LogP) is 4.61. The fraction of sp³-hybridized carbons (Fsp3) is 0.130. The number of para-hydroxylation sites is 2. The molecular formula is C23H22N4O2. The van der Waals surface area contributed by atoms with E-state index in [1.54, 1.807) is 13.3 Å². The molecule has 0 bridgehead atoms. The topological polar surface area (TPSA) is 60.7 Å². The SMILES string of the molecule is COc1cc(/C=N\Nc2nc3ccccc3n2C)ccc1OCc1ccccc1. The maximum atomic E-state index is 5.89. The van der Waals surface area contributed by atoms with Gasteiger partial charge < -0.3 is 14.0 Å². The van der Waals surface area contributed by atoms with Gasteiger partial charge in [-0.2, -0.15) is 5.10 Å². The summed E-state index contributed by atoms with van der Waals surface area (Å²) in [5.74, 6) is 2.03. The van der Waals surface area contributed by atoms with Crippen LogP contribution in [0.1, 0.15) is 11.1 Å². The zero-order valence-electron chi connectivity index (χ0n) is 16.4. The van der Waals surface area contributed by atoms with Crippen LogP contribution in [0.4, 0.5) is 5.95 Å². The predicted molar refractivity (Wildman–Crippen MR) is 116 cm³/mol. The van der Waals surface area contributed by atoms with E-state index in [0.29, 0.717) is 24.1 Å². The van der Waals surface area contributed by atoms with Crippen LogP contribution in [-0.2, 0) is 13.7 Å². The Kier molecular flexibility index (Phi) is 5.42. The monoisotopic (exact) mass is 386 g/mol. The summed E-state index contributed by atoms with van der Waals surface area (Å²) in [6.07, 6.45) is 1.73. The van der Waals surface area contributed by atoms with Crippen LogP contribution < -0.4 is 14.9 Å². The van der Waals surface area contributed by atoms with E-state index in [-0.39, 0.29) is 0 Å². The molecule has 4 aromatic rings. The van der Waals surface area contributed by atoms with Crippen molar-refractivity contribution in [3.05, 3.63) is 83.9 Å². The number of anilines is 1. The summed E-state index contributed by atoms with van der Waals surface area (Å²) in [4.78, 5) is 4.54. The molecule has 0 fully saturated rings. The molecular weight excluding hydrogens is 364 g/mol. The van der Waals surface area contributed by atoms with Crippen LogP contribution in [0.2, 0.25) is 0 Å². The average Bonchev–Trinajstić information content (AvgIpc) is 3.09. The third kappa shape index (κ3) is 4.21. The Labute approximate surface area is 169 Å². The van der Waals surface area contributed by atoms with Gasteiger partial charge >= 0.3 is 0 Å². The van der Waals surface area contributed by atoms with Gasteiger partial charge in [0.1, 0.15) is 6.61 Å². The molecule has 3 aromatic carbocycles. The second-order valence-electron chi connectivity index (χ2n) is 6.54. The number of hydrogen-bond donors (Lipinski definition) is 1.